The first-order valence-electron chi connectivity index (χ1n) is 6.57. The number of rotatable bonds is 7. The fourth-order valence-electron chi connectivity index (χ4n) is 1.82. The third-order valence-electron chi connectivity index (χ3n) is 2.91. The molecule has 0 aliphatic carbocycles. The summed E-state index contributed by atoms with van der Waals surface area (Å²) in [6, 6.07) is 15.0. The van der Waals surface area contributed by atoms with E-state index in [0.29, 0.717) is 19.8 Å². The van der Waals surface area contributed by atoms with E-state index in [1.54, 1.807) is 0 Å². The second-order valence-electron chi connectivity index (χ2n) is 4.31. The molecule has 3 N–H and O–H groups in total. The van der Waals surface area contributed by atoms with Gasteiger partial charge in [-0.2, -0.15) is 0 Å². The molecule has 0 bridgehead atoms. The van der Waals surface area contributed by atoms with Crippen LogP contribution in [0.2, 0.25) is 0 Å². The molecule has 0 saturated heterocycles. The topological polar surface area (TPSA) is 64.7 Å². The van der Waals surface area contributed by atoms with E-state index in [-0.39, 0.29) is 6.61 Å². The molecule has 106 valence electrons. The molecule has 4 heteroatoms. The van der Waals surface area contributed by atoms with Crippen molar-refractivity contribution in [3.05, 3.63) is 59.7 Å². The lowest BCUT2D eigenvalue weighted by molar-refractivity contribution is 0.215. The van der Waals surface area contributed by atoms with E-state index in [1.807, 2.05) is 48.5 Å². The van der Waals surface area contributed by atoms with Crippen molar-refractivity contribution in [2.75, 3.05) is 13.2 Å². The Morgan fingerprint density at radius 1 is 0.900 bits per heavy atom. The van der Waals surface area contributed by atoms with Gasteiger partial charge in [0.15, 0.2) is 0 Å². The third kappa shape index (κ3) is 3.98. The Morgan fingerprint density at radius 3 is 2.30 bits per heavy atom. The zero-order valence-corrected chi connectivity index (χ0v) is 11.3. The van der Waals surface area contributed by atoms with Gasteiger partial charge in [-0.3, -0.25) is 0 Å². The van der Waals surface area contributed by atoms with E-state index >= 15 is 0 Å². The Labute approximate surface area is 118 Å². The molecule has 2 rings (SSSR count). The smallest absolute Gasteiger partial charge is 0.123 e. The predicted octanol–water partition coefficient (Wildman–Crippen LogP) is 2.10. The second-order valence-corrected chi connectivity index (χ2v) is 4.31. The van der Waals surface area contributed by atoms with Gasteiger partial charge < -0.3 is 20.3 Å². The maximum Gasteiger partial charge on any atom is 0.123 e. The van der Waals surface area contributed by atoms with Crippen LogP contribution in [0.1, 0.15) is 11.1 Å². The molecule has 0 aromatic heterocycles. The van der Waals surface area contributed by atoms with Gasteiger partial charge in [-0.25, -0.2) is 0 Å². The number of para-hydroxylation sites is 1. The van der Waals surface area contributed by atoms with Crippen LogP contribution in [0.5, 0.6) is 11.5 Å². The molecule has 4 nitrogen and oxygen atoms in total. The van der Waals surface area contributed by atoms with Gasteiger partial charge in [0.25, 0.3) is 0 Å². The fraction of sp³-hybridized carbons (Fsp3) is 0.250. The number of hydrogen-bond donors (Lipinski definition) is 2. The lowest BCUT2D eigenvalue weighted by Gasteiger charge is -2.11. The molecule has 0 fully saturated rings. The maximum absolute atomic E-state index is 8.95. The SMILES string of the molecule is NCc1ccccc1OCCOc1ccc(CO)cc1. The van der Waals surface area contributed by atoms with Crippen LogP contribution in [0.4, 0.5) is 0 Å². The zero-order valence-electron chi connectivity index (χ0n) is 11.3. The van der Waals surface area contributed by atoms with Crippen molar-refractivity contribution in [3.8, 4) is 11.5 Å². The summed E-state index contributed by atoms with van der Waals surface area (Å²) >= 11 is 0. The van der Waals surface area contributed by atoms with Gasteiger partial charge in [-0.1, -0.05) is 30.3 Å². The Bertz CT molecular complexity index is 526. The van der Waals surface area contributed by atoms with Gasteiger partial charge in [0.1, 0.15) is 24.7 Å². The van der Waals surface area contributed by atoms with E-state index in [4.69, 9.17) is 20.3 Å². The highest BCUT2D eigenvalue weighted by molar-refractivity contribution is 5.33. The van der Waals surface area contributed by atoms with E-state index < -0.39 is 0 Å². The lowest BCUT2D eigenvalue weighted by Crippen LogP contribution is -2.10. The molecule has 0 spiro atoms. The average molecular weight is 273 g/mol. The highest BCUT2D eigenvalue weighted by Gasteiger charge is 2.01. The normalized spacial score (nSPS) is 10.3. The maximum atomic E-state index is 8.95. The van der Waals surface area contributed by atoms with E-state index in [0.717, 1.165) is 22.6 Å². The molecule has 2 aromatic carbocycles. The summed E-state index contributed by atoms with van der Waals surface area (Å²) in [5.41, 5.74) is 7.49. The summed E-state index contributed by atoms with van der Waals surface area (Å²) in [5, 5.41) is 8.95. The minimum atomic E-state index is 0.0409. The van der Waals surface area contributed by atoms with Crippen LogP contribution in [0.15, 0.2) is 48.5 Å². The first kappa shape index (κ1) is 14.4. The molecule has 0 unspecified atom stereocenters. The van der Waals surface area contributed by atoms with Crippen molar-refractivity contribution in [1.29, 1.82) is 0 Å². The van der Waals surface area contributed by atoms with Gasteiger partial charge in [-0.15, -0.1) is 0 Å². The highest BCUT2D eigenvalue weighted by Crippen LogP contribution is 2.17. The Morgan fingerprint density at radius 2 is 1.60 bits per heavy atom. The largest absolute Gasteiger partial charge is 0.490 e. The van der Waals surface area contributed by atoms with Crippen LogP contribution < -0.4 is 15.2 Å². The number of nitrogens with two attached hydrogens (primary N) is 1. The molecular formula is C16H19NO3. The van der Waals surface area contributed by atoms with Gasteiger partial charge in [-0.05, 0) is 23.8 Å². The van der Waals surface area contributed by atoms with E-state index in [9.17, 15) is 0 Å². The van der Waals surface area contributed by atoms with Gasteiger partial charge in [0.2, 0.25) is 0 Å². The molecular weight excluding hydrogens is 254 g/mol. The van der Waals surface area contributed by atoms with E-state index in [2.05, 4.69) is 0 Å². The first-order valence-corrected chi connectivity index (χ1v) is 6.57. The minimum absolute atomic E-state index is 0.0409. The van der Waals surface area contributed by atoms with Crippen molar-refractivity contribution in [2.24, 2.45) is 5.73 Å². The monoisotopic (exact) mass is 273 g/mol. The van der Waals surface area contributed by atoms with Crippen LogP contribution in [0.25, 0.3) is 0 Å². The zero-order chi connectivity index (χ0) is 14.2. The predicted molar refractivity (Wildman–Crippen MR) is 77.7 cm³/mol. The Hall–Kier alpha value is -2.04. The summed E-state index contributed by atoms with van der Waals surface area (Å²) in [6.45, 7) is 1.41. The molecule has 2 aromatic rings. The number of hydrogen-bond acceptors (Lipinski definition) is 4. The van der Waals surface area contributed by atoms with E-state index in [1.165, 1.54) is 0 Å². The Kier molecular flexibility index (Phi) is 5.41. The molecule has 20 heavy (non-hydrogen) atoms. The fourth-order valence-corrected chi connectivity index (χ4v) is 1.82. The summed E-state index contributed by atoms with van der Waals surface area (Å²) in [4.78, 5) is 0. The quantitative estimate of drug-likeness (QED) is 0.758. The number of ether oxygens (including phenoxy) is 2. The van der Waals surface area contributed by atoms with Crippen LogP contribution in [-0.4, -0.2) is 18.3 Å². The molecule has 0 saturated carbocycles. The summed E-state index contributed by atoms with van der Waals surface area (Å²) in [6.07, 6.45) is 0. The van der Waals surface area contributed by atoms with Crippen LogP contribution in [-0.2, 0) is 13.2 Å². The minimum Gasteiger partial charge on any atom is -0.490 e. The van der Waals surface area contributed by atoms with Crippen LogP contribution in [0.3, 0.4) is 0 Å². The van der Waals surface area contributed by atoms with Crippen LogP contribution >= 0.6 is 0 Å². The van der Waals surface area contributed by atoms with Crippen molar-refractivity contribution in [3.63, 3.8) is 0 Å². The van der Waals surface area contributed by atoms with Gasteiger partial charge >= 0.3 is 0 Å². The van der Waals surface area contributed by atoms with Crippen molar-refractivity contribution in [2.45, 2.75) is 13.2 Å². The lowest BCUT2D eigenvalue weighted by atomic mass is 10.2. The van der Waals surface area contributed by atoms with Gasteiger partial charge in [0, 0.05) is 12.1 Å². The molecule has 0 aliphatic heterocycles. The van der Waals surface area contributed by atoms with Gasteiger partial charge in [0.05, 0.1) is 6.61 Å². The summed E-state index contributed by atoms with van der Waals surface area (Å²) in [5.74, 6) is 1.56. The second kappa shape index (κ2) is 7.53. The number of aliphatic hydroxyl groups excluding tert-OH is 1. The molecule has 0 radical (unpaired) electrons. The Balaban J connectivity index is 1.78. The average Bonchev–Trinajstić information content (AvgIpc) is 2.52. The van der Waals surface area contributed by atoms with Crippen molar-refractivity contribution >= 4 is 0 Å². The standard InChI is InChI=1S/C16H19NO3/c17-11-14-3-1-2-4-16(14)20-10-9-19-15-7-5-13(12-18)6-8-15/h1-8,18H,9-12,17H2. The van der Waals surface area contributed by atoms with Crippen molar-refractivity contribution in [1.82, 2.24) is 0 Å². The molecule has 0 amide bonds. The number of aliphatic hydroxyl groups is 1. The van der Waals surface area contributed by atoms with Crippen LogP contribution in [0, 0.1) is 0 Å². The number of benzene rings is 2. The molecule has 0 aliphatic rings. The highest BCUT2D eigenvalue weighted by atomic mass is 16.5. The molecule has 0 atom stereocenters. The third-order valence-corrected chi connectivity index (χ3v) is 2.91. The molecule has 0 heterocycles. The summed E-state index contributed by atoms with van der Waals surface area (Å²) in [7, 11) is 0. The van der Waals surface area contributed by atoms with Crippen molar-refractivity contribution < 1.29 is 14.6 Å². The first-order chi connectivity index (χ1) is 9.83. The summed E-state index contributed by atoms with van der Waals surface area (Å²) < 4.78 is 11.2.